The predicted molar refractivity (Wildman–Crippen MR) is 81.1 cm³/mol. The van der Waals surface area contributed by atoms with Crippen molar-refractivity contribution in [2.24, 2.45) is 0 Å². The van der Waals surface area contributed by atoms with Crippen LogP contribution >= 0.6 is 0 Å². The summed E-state index contributed by atoms with van der Waals surface area (Å²) in [5, 5.41) is 9.18. The van der Waals surface area contributed by atoms with E-state index in [-0.39, 0.29) is 17.5 Å². The van der Waals surface area contributed by atoms with Gasteiger partial charge in [0.25, 0.3) is 0 Å². The van der Waals surface area contributed by atoms with Gasteiger partial charge in [-0.1, -0.05) is 18.2 Å². The third-order valence-corrected chi connectivity index (χ3v) is 5.54. The molecule has 1 heterocycles. The zero-order valence-electron chi connectivity index (χ0n) is 11.9. The van der Waals surface area contributed by atoms with Gasteiger partial charge in [-0.2, -0.15) is 9.57 Å². The highest BCUT2D eigenvalue weighted by molar-refractivity contribution is 7.89. The largest absolute Gasteiger partial charge is 0.263 e. The molecule has 0 spiro atoms. The molecule has 22 heavy (non-hydrogen) atoms. The highest BCUT2D eigenvalue weighted by Gasteiger charge is 2.38. The lowest BCUT2D eigenvalue weighted by Gasteiger charge is -2.22. The number of nitrogens with zero attached hydrogens (tertiary/aromatic N) is 3. The Morgan fingerprint density at radius 2 is 2.00 bits per heavy atom. The average molecular weight is 313 g/mol. The second-order valence-electron chi connectivity index (χ2n) is 5.24. The van der Waals surface area contributed by atoms with Gasteiger partial charge in [0.05, 0.1) is 11.6 Å². The maximum atomic E-state index is 12.8. The summed E-state index contributed by atoms with van der Waals surface area (Å²) in [4.78, 5) is 4.09. The van der Waals surface area contributed by atoms with Crippen LogP contribution in [0.15, 0.2) is 53.7 Å². The van der Waals surface area contributed by atoms with E-state index in [0.29, 0.717) is 5.56 Å². The Morgan fingerprint density at radius 3 is 2.64 bits per heavy atom. The van der Waals surface area contributed by atoms with E-state index in [1.165, 1.54) is 10.5 Å². The van der Waals surface area contributed by atoms with Crippen molar-refractivity contribution in [1.82, 2.24) is 9.29 Å². The fourth-order valence-corrected chi connectivity index (χ4v) is 3.97. The average Bonchev–Trinajstić information content (AvgIpc) is 3.38. The third-order valence-electron chi connectivity index (χ3n) is 3.66. The molecule has 2 aromatic rings. The van der Waals surface area contributed by atoms with Crippen molar-refractivity contribution < 1.29 is 8.42 Å². The van der Waals surface area contributed by atoms with Crippen LogP contribution in [-0.4, -0.2) is 23.7 Å². The van der Waals surface area contributed by atoms with E-state index in [1.807, 2.05) is 6.07 Å². The standard InChI is InChI=1S/C16H15N3O2S/c17-10-13-4-1-2-5-14(13)12-19(15-7-8-15)22(20,21)16-6-3-9-18-11-16/h1-6,9,11,15H,7-8,12H2. The monoisotopic (exact) mass is 313 g/mol. The normalized spacial score (nSPS) is 14.7. The van der Waals surface area contributed by atoms with E-state index in [1.54, 1.807) is 36.5 Å². The van der Waals surface area contributed by atoms with Gasteiger partial charge in [0, 0.05) is 25.0 Å². The van der Waals surface area contributed by atoms with Gasteiger partial charge < -0.3 is 0 Å². The summed E-state index contributed by atoms with van der Waals surface area (Å²) < 4.78 is 27.1. The maximum absolute atomic E-state index is 12.8. The Morgan fingerprint density at radius 1 is 1.23 bits per heavy atom. The Kier molecular flexibility index (Phi) is 3.92. The summed E-state index contributed by atoms with van der Waals surface area (Å²) in [6.07, 6.45) is 4.62. The van der Waals surface area contributed by atoms with Gasteiger partial charge in [0.2, 0.25) is 10.0 Å². The minimum Gasteiger partial charge on any atom is -0.263 e. The molecule has 0 bridgehead atoms. The fourth-order valence-electron chi connectivity index (χ4n) is 2.34. The van der Waals surface area contributed by atoms with E-state index >= 15 is 0 Å². The lowest BCUT2D eigenvalue weighted by atomic mass is 10.1. The van der Waals surface area contributed by atoms with Crippen molar-refractivity contribution >= 4 is 10.0 Å². The van der Waals surface area contributed by atoms with Crippen LogP contribution < -0.4 is 0 Å². The van der Waals surface area contributed by atoms with Gasteiger partial charge in [-0.05, 0) is 36.6 Å². The molecule has 1 fully saturated rings. The third kappa shape index (κ3) is 2.86. The smallest absolute Gasteiger partial charge is 0.245 e. The molecule has 0 aliphatic heterocycles. The molecule has 0 saturated heterocycles. The first kappa shape index (κ1) is 14.7. The quantitative estimate of drug-likeness (QED) is 0.849. The molecule has 1 aliphatic rings. The number of aromatic nitrogens is 1. The Bertz CT molecular complexity index is 809. The van der Waals surface area contributed by atoms with Crippen LogP contribution in [0.2, 0.25) is 0 Å². The van der Waals surface area contributed by atoms with Crippen LogP contribution in [0.1, 0.15) is 24.0 Å². The summed E-state index contributed by atoms with van der Waals surface area (Å²) in [6, 6.07) is 12.4. The molecule has 0 radical (unpaired) electrons. The van der Waals surface area contributed by atoms with Crippen LogP contribution in [0.25, 0.3) is 0 Å². The molecule has 1 aliphatic carbocycles. The van der Waals surface area contributed by atoms with E-state index in [0.717, 1.165) is 18.4 Å². The van der Waals surface area contributed by atoms with Gasteiger partial charge in [0.1, 0.15) is 4.90 Å². The molecule has 1 saturated carbocycles. The number of pyridine rings is 1. The fraction of sp³-hybridized carbons (Fsp3) is 0.250. The summed E-state index contributed by atoms with van der Waals surface area (Å²) in [7, 11) is -3.60. The minimum absolute atomic E-state index is 0.0111. The van der Waals surface area contributed by atoms with Crippen molar-refractivity contribution in [3.63, 3.8) is 0 Å². The van der Waals surface area contributed by atoms with Crippen molar-refractivity contribution in [3.05, 3.63) is 59.9 Å². The van der Waals surface area contributed by atoms with Crippen molar-refractivity contribution in [2.75, 3.05) is 0 Å². The van der Waals surface area contributed by atoms with Gasteiger partial charge in [-0.25, -0.2) is 8.42 Å². The second-order valence-corrected chi connectivity index (χ2v) is 7.13. The van der Waals surface area contributed by atoms with Crippen LogP contribution in [-0.2, 0) is 16.6 Å². The first-order valence-electron chi connectivity index (χ1n) is 7.03. The molecule has 0 unspecified atom stereocenters. The van der Waals surface area contributed by atoms with Crippen LogP contribution in [0.4, 0.5) is 0 Å². The number of benzene rings is 1. The molecule has 112 valence electrons. The first-order chi connectivity index (χ1) is 10.6. The molecule has 6 heteroatoms. The SMILES string of the molecule is N#Cc1ccccc1CN(C1CC1)S(=O)(=O)c1cccnc1. The maximum Gasteiger partial charge on any atom is 0.245 e. The van der Waals surface area contributed by atoms with Crippen LogP contribution in [0, 0.1) is 11.3 Å². The summed E-state index contributed by atoms with van der Waals surface area (Å²) in [5.41, 5.74) is 1.24. The topological polar surface area (TPSA) is 74.1 Å². The molecular weight excluding hydrogens is 298 g/mol. The molecule has 3 rings (SSSR count). The molecule has 5 nitrogen and oxygen atoms in total. The van der Waals surface area contributed by atoms with E-state index < -0.39 is 10.0 Å². The van der Waals surface area contributed by atoms with Crippen LogP contribution in [0.3, 0.4) is 0 Å². The molecule has 1 aromatic heterocycles. The Balaban J connectivity index is 1.96. The Hall–Kier alpha value is -2.23. The number of hydrogen-bond donors (Lipinski definition) is 0. The van der Waals surface area contributed by atoms with Crippen molar-refractivity contribution in [1.29, 1.82) is 5.26 Å². The number of nitriles is 1. The molecule has 0 amide bonds. The molecule has 0 N–H and O–H groups in total. The molecular formula is C16H15N3O2S. The van der Waals surface area contributed by atoms with Gasteiger partial charge in [0.15, 0.2) is 0 Å². The van der Waals surface area contributed by atoms with E-state index in [2.05, 4.69) is 11.1 Å². The van der Waals surface area contributed by atoms with E-state index in [4.69, 9.17) is 0 Å². The summed E-state index contributed by atoms with van der Waals surface area (Å²) in [5.74, 6) is 0. The second kappa shape index (κ2) is 5.87. The van der Waals surface area contributed by atoms with Gasteiger partial charge in [-0.3, -0.25) is 4.98 Å². The van der Waals surface area contributed by atoms with Crippen molar-refractivity contribution in [3.8, 4) is 6.07 Å². The zero-order valence-corrected chi connectivity index (χ0v) is 12.7. The zero-order chi connectivity index (χ0) is 15.6. The lowest BCUT2D eigenvalue weighted by Crippen LogP contribution is -2.33. The highest BCUT2D eigenvalue weighted by Crippen LogP contribution is 2.33. The number of rotatable bonds is 5. The first-order valence-corrected chi connectivity index (χ1v) is 8.47. The van der Waals surface area contributed by atoms with Crippen molar-refractivity contribution in [2.45, 2.75) is 30.3 Å². The number of sulfonamides is 1. The summed E-state index contributed by atoms with van der Waals surface area (Å²) >= 11 is 0. The predicted octanol–water partition coefficient (Wildman–Crippen LogP) is 2.31. The van der Waals surface area contributed by atoms with Crippen LogP contribution in [0.5, 0.6) is 0 Å². The summed E-state index contributed by atoms with van der Waals surface area (Å²) in [6.45, 7) is 0.214. The van der Waals surface area contributed by atoms with Gasteiger partial charge in [-0.15, -0.1) is 0 Å². The van der Waals surface area contributed by atoms with Gasteiger partial charge >= 0.3 is 0 Å². The Labute approximate surface area is 129 Å². The minimum atomic E-state index is -3.60. The highest BCUT2D eigenvalue weighted by atomic mass is 32.2. The van der Waals surface area contributed by atoms with E-state index in [9.17, 15) is 13.7 Å². The molecule has 1 aromatic carbocycles. The lowest BCUT2D eigenvalue weighted by molar-refractivity contribution is 0.398. The molecule has 0 atom stereocenters. The number of hydrogen-bond acceptors (Lipinski definition) is 4.